The number of nitrogens with two attached hydrogens (primary N) is 1. The predicted octanol–water partition coefficient (Wildman–Crippen LogP) is 0.0249. The van der Waals surface area contributed by atoms with Gasteiger partial charge in [-0.1, -0.05) is 0 Å². The van der Waals surface area contributed by atoms with Crippen molar-refractivity contribution in [2.45, 2.75) is 13.0 Å². The Labute approximate surface area is 108 Å². The molecule has 1 unspecified atom stereocenters. The van der Waals surface area contributed by atoms with Gasteiger partial charge >= 0.3 is 0 Å². The van der Waals surface area contributed by atoms with Crippen LogP contribution in [0.1, 0.15) is 5.56 Å². The second kappa shape index (κ2) is 5.49. The van der Waals surface area contributed by atoms with Crippen molar-refractivity contribution in [2.75, 3.05) is 51.3 Å². The van der Waals surface area contributed by atoms with E-state index >= 15 is 0 Å². The molecule has 6 heteroatoms. The van der Waals surface area contributed by atoms with Gasteiger partial charge in [-0.05, 0) is 21.0 Å². The normalized spacial score (nSPS) is 22.1. The number of aryl methyl sites for hydroxylation is 1. The molecule has 1 aliphatic rings. The minimum absolute atomic E-state index is 0.317. The van der Waals surface area contributed by atoms with Gasteiger partial charge in [0.2, 0.25) is 5.95 Å². The first-order chi connectivity index (χ1) is 8.56. The topological polar surface area (TPSA) is 70.3 Å². The molecule has 0 bridgehead atoms. The van der Waals surface area contributed by atoms with Crippen LogP contribution in [-0.2, 0) is 0 Å². The van der Waals surface area contributed by atoms with Gasteiger partial charge in [0.25, 0.3) is 0 Å². The van der Waals surface area contributed by atoms with Gasteiger partial charge in [0.15, 0.2) is 0 Å². The summed E-state index contributed by atoms with van der Waals surface area (Å²) in [4.78, 5) is 12.9. The molecule has 2 heterocycles. The number of nitrogens with one attached hydrogen (secondary N) is 1. The fraction of sp³-hybridized carbons (Fsp3) is 0.667. The summed E-state index contributed by atoms with van der Waals surface area (Å²) in [5.41, 5.74) is 6.63. The lowest BCUT2D eigenvalue weighted by Gasteiger charge is -2.37. The average molecular weight is 250 g/mol. The maximum atomic E-state index is 5.60. The Morgan fingerprint density at radius 2 is 2.22 bits per heavy atom. The highest BCUT2D eigenvalue weighted by molar-refractivity contribution is 5.45. The highest BCUT2D eigenvalue weighted by atomic mass is 15.3. The van der Waals surface area contributed by atoms with E-state index in [4.69, 9.17) is 5.73 Å². The van der Waals surface area contributed by atoms with Crippen LogP contribution in [0.15, 0.2) is 6.20 Å². The van der Waals surface area contributed by atoms with E-state index in [1.54, 1.807) is 6.20 Å². The summed E-state index contributed by atoms with van der Waals surface area (Å²) in [5, 5.41) is 3.38. The summed E-state index contributed by atoms with van der Waals surface area (Å²) in [7, 11) is 4.33. The fourth-order valence-electron chi connectivity index (χ4n) is 2.17. The van der Waals surface area contributed by atoms with Crippen molar-refractivity contribution >= 4 is 11.8 Å². The van der Waals surface area contributed by atoms with Gasteiger partial charge in [-0.2, -0.15) is 4.98 Å². The lowest BCUT2D eigenvalue weighted by atomic mass is 10.2. The molecule has 0 saturated carbocycles. The third-order valence-corrected chi connectivity index (χ3v) is 3.48. The number of likely N-dealkylation sites (N-methyl/N-ethyl adjacent to an activating group) is 2. The summed E-state index contributed by atoms with van der Waals surface area (Å²) in [5.74, 6) is 1.15. The molecule has 3 N–H and O–H groups in total. The first-order valence-corrected chi connectivity index (χ1v) is 6.28. The zero-order valence-corrected chi connectivity index (χ0v) is 11.3. The van der Waals surface area contributed by atoms with Crippen molar-refractivity contribution in [1.82, 2.24) is 19.8 Å². The van der Waals surface area contributed by atoms with Crippen LogP contribution in [-0.4, -0.2) is 66.1 Å². The number of nitrogens with zero attached hydrogens (tertiary/aromatic N) is 4. The van der Waals surface area contributed by atoms with Crippen LogP contribution >= 0.6 is 0 Å². The van der Waals surface area contributed by atoms with Crippen molar-refractivity contribution in [2.24, 2.45) is 0 Å². The van der Waals surface area contributed by atoms with Crippen molar-refractivity contribution in [3.8, 4) is 0 Å². The van der Waals surface area contributed by atoms with Crippen LogP contribution in [0.5, 0.6) is 0 Å². The van der Waals surface area contributed by atoms with Gasteiger partial charge in [-0.15, -0.1) is 0 Å². The monoisotopic (exact) mass is 250 g/mol. The molecule has 100 valence electrons. The third kappa shape index (κ3) is 3.08. The Bertz CT molecular complexity index is 408. The standard InChI is InChI=1S/C12H22N6/c1-9-6-15-12(13)16-11(9)14-7-10-8-17(2)4-5-18(10)3/h6,10H,4-5,7-8H2,1-3H3,(H3,13,14,15,16). The minimum atomic E-state index is 0.317. The van der Waals surface area contributed by atoms with Crippen molar-refractivity contribution < 1.29 is 0 Å². The largest absolute Gasteiger partial charge is 0.368 e. The number of anilines is 2. The Balaban J connectivity index is 1.96. The Morgan fingerprint density at radius 3 is 3.00 bits per heavy atom. The highest BCUT2D eigenvalue weighted by Crippen LogP contribution is 2.12. The van der Waals surface area contributed by atoms with Gasteiger partial charge in [-0.25, -0.2) is 4.98 Å². The molecule has 0 aliphatic carbocycles. The molecule has 1 atom stereocenters. The van der Waals surface area contributed by atoms with Crippen LogP contribution < -0.4 is 11.1 Å². The number of hydrogen-bond donors (Lipinski definition) is 2. The zero-order chi connectivity index (χ0) is 13.1. The number of nitrogen functional groups attached to an aromatic ring is 1. The fourth-order valence-corrected chi connectivity index (χ4v) is 2.17. The lowest BCUT2D eigenvalue weighted by Crippen LogP contribution is -2.52. The molecule has 6 nitrogen and oxygen atoms in total. The van der Waals surface area contributed by atoms with E-state index in [9.17, 15) is 0 Å². The predicted molar refractivity (Wildman–Crippen MR) is 73.6 cm³/mol. The van der Waals surface area contributed by atoms with Crippen molar-refractivity contribution in [1.29, 1.82) is 0 Å². The molecule has 0 amide bonds. The molecule has 1 fully saturated rings. The van der Waals surface area contributed by atoms with E-state index in [1.165, 1.54) is 0 Å². The molecule has 1 aliphatic heterocycles. The quantitative estimate of drug-likeness (QED) is 0.788. The zero-order valence-electron chi connectivity index (χ0n) is 11.3. The third-order valence-electron chi connectivity index (χ3n) is 3.48. The molecule has 0 aromatic carbocycles. The number of piperazine rings is 1. The molecular formula is C12H22N6. The number of aromatic nitrogens is 2. The van der Waals surface area contributed by atoms with E-state index in [1.807, 2.05) is 6.92 Å². The highest BCUT2D eigenvalue weighted by Gasteiger charge is 2.21. The van der Waals surface area contributed by atoms with Gasteiger partial charge in [0, 0.05) is 44.0 Å². The van der Waals surface area contributed by atoms with Gasteiger partial charge in [-0.3, -0.25) is 4.90 Å². The summed E-state index contributed by atoms with van der Waals surface area (Å²) in [6.07, 6.45) is 1.75. The van der Waals surface area contributed by atoms with E-state index in [0.717, 1.165) is 37.6 Å². The van der Waals surface area contributed by atoms with E-state index < -0.39 is 0 Å². The van der Waals surface area contributed by atoms with E-state index in [2.05, 4.69) is 39.2 Å². The van der Waals surface area contributed by atoms with Crippen LogP contribution in [0.3, 0.4) is 0 Å². The molecule has 18 heavy (non-hydrogen) atoms. The minimum Gasteiger partial charge on any atom is -0.368 e. The maximum absolute atomic E-state index is 5.60. The van der Waals surface area contributed by atoms with Gasteiger partial charge in [0.05, 0.1) is 0 Å². The maximum Gasteiger partial charge on any atom is 0.221 e. The van der Waals surface area contributed by atoms with E-state index in [0.29, 0.717) is 12.0 Å². The van der Waals surface area contributed by atoms with Gasteiger partial charge in [0.1, 0.15) is 5.82 Å². The second-order valence-electron chi connectivity index (χ2n) is 5.04. The number of hydrogen-bond acceptors (Lipinski definition) is 6. The molecule has 1 aromatic rings. The molecule has 1 aromatic heterocycles. The van der Waals surface area contributed by atoms with Crippen LogP contribution in [0.25, 0.3) is 0 Å². The van der Waals surface area contributed by atoms with Crippen molar-refractivity contribution in [3.05, 3.63) is 11.8 Å². The van der Waals surface area contributed by atoms with Crippen LogP contribution in [0, 0.1) is 6.92 Å². The summed E-state index contributed by atoms with van der Waals surface area (Å²) in [6.45, 7) is 6.17. The van der Waals surface area contributed by atoms with E-state index in [-0.39, 0.29) is 0 Å². The Morgan fingerprint density at radius 1 is 1.44 bits per heavy atom. The van der Waals surface area contributed by atoms with Crippen LogP contribution in [0.4, 0.5) is 11.8 Å². The first kappa shape index (κ1) is 13.0. The second-order valence-corrected chi connectivity index (χ2v) is 5.04. The summed E-state index contributed by atoms with van der Waals surface area (Å²) >= 11 is 0. The van der Waals surface area contributed by atoms with Crippen LogP contribution in [0.2, 0.25) is 0 Å². The SMILES string of the molecule is Cc1cnc(N)nc1NCC1CN(C)CCN1C. The van der Waals surface area contributed by atoms with Crippen molar-refractivity contribution in [3.63, 3.8) is 0 Å². The molecule has 1 saturated heterocycles. The molecular weight excluding hydrogens is 228 g/mol. The van der Waals surface area contributed by atoms with Gasteiger partial charge < -0.3 is 16.0 Å². The molecule has 0 radical (unpaired) electrons. The lowest BCUT2D eigenvalue weighted by molar-refractivity contribution is 0.122. The molecule has 2 rings (SSSR count). The summed E-state index contributed by atoms with van der Waals surface area (Å²) in [6, 6.07) is 0.499. The first-order valence-electron chi connectivity index (χ1n) is 6.28. The number of rotatable bonds is 3. The molecule has 0 spiro atoms. The summed E-state index contributed by atoms with van der Waals surface area (Å²) < 4.78 is 0. The smallest absolute Gasteiger partial charge is 0.221 e. The Kier molecular flexibility index (Phi) is 3.98. The average Bonchev–Trinajstić information content (AvgIpc) is 2.34. The Hall–Kier alpha value is -1.40.